The van der Waals surface area contributed by atoms with Gasteiger partial charge in [-0.2, -0.15) is 0 Å². The van der Waals surface area contributed by atoms with Crippen LogP contribution in [0.3, 0.4) is 0 Å². The van der Waals surface area contributed by atoms with Gasteiger partial charge in [-0.3, -0.25) is 4.57 Å². The third-order valence-corrected chi connectivity index (χ3v) is 3.33. The molecule has 0 aliphatic heterocycles. The van der Waals surface area contributed by atoms with Crippen LogP contribution in [0, 0.1) is 0 Å². The van der Waals surface area contributed by atoms with E-state index in [0.717, 1.165) is 18.0 Å². The van der Waals surface area contributed by atoms with Gasteiger partial charge in [0.1, 0.15) is 5.03 Å². The second kappa shape index (κ2) is 6.37. The molecule has 102 valence electrons. The molecule has 0 aliphatic rings. The van der Waals surface area contributed by atoms with E-state index in [1.54, 1.807) is 16.8 Å². The molecule has 0 atom stereocenters. The summed E-state index contributed by atoms with van der Waals surface area (Å²) in [5, 5.41) is 10.9. The van der Waals surface area contributed by atoms with E-state index in [1.165, 1.54) is 11.8 Å². The molecule has 2 rings (SSSR count). The smallest absolute Gasteiger partial charge is 0.343 e. The number of nitrogens with one attached hydrogen (secondary N) is 2. The molecule has 0 bridgehead atoms. The number of rotatable bonds is 6. The first-order valence-corrected chi connectivity index (χ1v) is 6.96. The van der Waals surface area contributed by atoms with E-state index in [-0.39, 0.29) is 5.69 Å². The zero-order valence-corrected chi connectivity index (χ0v) is 11.7. The Bertz CT molecular complexity index is 593. The van der Waals surface area contributed by atoms with Gasteiger partial charge in [0, 0.05) is 19.3 Å². The minimum atomic E-state index is -0.205. The highest BCUT2D eigenvalue weighted by molar-refractivity contribution is 7.99. The van der Waals surface area contributed by atoms with Crippen molar-refractivity contribution in [3.63, 3.8) is 0 Å². The van der Waals surface area contributed by atoms with E-state index in [2.05, 4.69) is 32.4 Å². The molecule has 0 saturated carbocycles. The lowest BCUT2D eigenvalue weighted by molar-refractivity contribution is 0.660. The lowest BCUT2D eigenvalue weighted by atomic mass is 10.5. The Kier molecular flexibility index (Phi) is 4.56. The summed E-state index contributed by atoms with van der Waals surface area (Å²) >= 11 is 1.34. The van der Waals surface area contributed by atoms with Crippen molar-refractivity contribution in [1.82, 2.24) is 24.7 Å². The topological polar surface area (TPSA) is 88.5 Å². The van der Waals surface area contributed by atoms with Crippen molar-refractivity contribution in [3.05, 3.63) is 22.7 Å². The van der Waals surface area contributed by atoms with Crippen LogP contribution in [0.4, 0.5) is 5.95 Å². The van der Waals surface area contributed by atoms with E-state index in [1.807, 2.05) is 6.92 Å². The van der Waals surface area contributed by atoms with E-state index in [0.29, 0.717) is 17.6 Å². The zero-order valence-electron chi connectivity index (χ0n) is 10.9. The summed E-state index contributed by atoms with van der Waals surface area (Å²) in [7, 11) is 0. The van der Waals surface area contributed by atoms with Gasteiger partial charge in [-0.15, -0.1) is 5.10 Å². The number of hydrogen-bond donors (Lipinski definition) is 2. The lowest BCUT2D eigenvalue weighted by Crippen LogP contribution is -2.16. The molecule has 0 amide bonds. The molecule has 7 nitrogen and oxygen atoms in total. The van der Waals surface area contributed by atoms with E-state index >= 15 is 0 Å². The first-order valence-electron chi connectivity index (χ1n) is 6.14. The normalized spacial score (nSPS) is 10.6. The summed E-state index contributed by atoms with van der Waals surface area (Å²) in [4.78, 5) is 20.0. The summed E-state index contributed by atoms with van der Waals surface area (Å²) in [6.45, 7) is 5.38. The molecule has 0 fully saturated rings. The van der Waals surface area contributed by atoms with E-state index < -0.39 is 0 Å². The molecule has 2 N–H and O–H groups in total. The van der Waals surface area contributed by atoms with Gasteiger partial charge in [-0.1, -0.05) is 6.92 Å². The average molecular weight is 280 g/mol. The molecule has 0 unspecified atom stereocenters. The predicted molar refractivity (Wildman–Crippen MR) is 73.5 cm³/mol. The van der Waals surface area contributed by atoms with Crippen LogP contribution in [-0.2, 0) is 6.54 Å². The fraction of sp³-hybridized carbons (Fsp3) is 0.455. The summed E-state index contributed by atoms with van der Waals surface area (Å²) in [6, 6.07) is 1.79. The van der Waals surface area contributed by atoms with Gasteiger partial charge in [0.25, 0.3) is 0 Å². The average Bonchev–Trinajstić information content (AvgIpc) is 2.77. The summed E-state index contributed by atoms with van der Waals surface area (Å²) in [5.74, 6) is 0.591. The van der Waals surface area contributed by atoms with Crippen LogP contribution >= 0.6 is 11.8 Å². The van der Waals surface area contributed by atoms with Crippen LogP contribution < -0.4 is 11.0 Å². The van der Waals surface area contributed by atoms with Gasteiger partial charge in [0.05, 0.1) is 0 Å². The molecule has 0 spiro atoms. The number of anilines is 1. The summed E-state index contributed by atoms with van der Waals surface area (Å²) < 4.78 is 1.56. The number of aromatic amines is 1. The van der Waals surface area contributed by atoms with Crippen molar-refractivity contribution >= 4 is 17.7 Å². The molecule has 8 heteroatoms. The minimum Gasteiger partial charge on any atom is -0.354 e. The first kappa shape index (κ1) is 13.6. The van der Waals surface area contributed by atoms with Gasteiger partial charge in [-0.05, 0) is 31.2 Å². The van der Waals surface area contributed by atoms with Crippen molar-refractivity contribution in [2.75, 3.05) is 11.9 Å². The molecule has 0 aromatic carbocycles. The fourth-order valence-corrected chi connectivity index (χ4v) is 2.34. The van der Waals surface area contributed by atoms with Crippen LogP contribution in [-0.4, -0.2) is 31.3 Å². The zero-order chi connectivity index (χ0) is 13.7. The number of aromatic nitrogens is 5. The van der Waals surface area contributed by atoms with Gasteiger partial charge in [0.15, 0.2) is 5.16 Å². The third-order valence-electron chi connectivity index (χ3n) is 2.40. The Hall–Kier alpha value is -1.83. The number of H-pyrrole nitrogens is 1. The Balaban J connectivity index is 2.16. The second-order valence-corrected chi connectivity index (χ2v) is 4.79. The highest BCUT2D eigenvalue weighted by Gasteiger charge is 2.09. The highest BCUT2D eigenvalue weighted by Crippen LogP contribution is 2.23. The molecule has 0 radical (unpaired) electrons. The predicted octanol–water partition coefficient (Wildman–Crippen LogP) is 1.35. The first-order chi connectivity index (χ1) is 9.24. The van der Waals surface area contributed by atoms with Crippen molar-refractivity contribution in [2.24, 2.45) is 0 Å². The largest absolute Gasteiger partial charge is 0.354 e. The van der Waals surface area contributed by atoms with Gasteiger partial charge < -0.3 is 5.32 Å². The minimum absolute atomic E-state index is 0.205. The maximum absolute atomic E-state index is 11.5. The Morgan fingerprint density at radius 2 is 2.32 bits per heavy atom. The molecule has 0 saturated heterocycles. The van der Waals surface area contributed by atoms with Crippen LogP contribution in [0.5, 0.6) is 0 Å². The Morgan fingerprint density at radius 3 is 3.05 bits per heavy atom. The Morgan fingerprint density at radius 1 is 1.47 bits per heavy atom. The van der Waals surface area contributed by atoms with Gasteiger partial charge >= 0.3 is 5.69 Å². The van der Waals surface area contributed by atoms with Crippen molar-refractivity contribution in [3.8, 4) is 0 Å². The van der Waals surface area contributed by atoms with Gasteiger partial charge in [0.2, 0.25) is 5.95 Å². The summed E-state index contributed by atoms with van der Waals surface area (Å²) in [6.07, 6.45) is 2.70. The second-order valence-electron chi connectivity index (χ2n) is 3.80. The number of hydrogen-bond acceptors (Lipinski definition) is 6. The van der Waals surface area contributed by atoms with Crippen LogP contribution in [0.25, 0.3) is 0 Å². The van der Waals surface area contributed by atoms with Crippen molar-refractivity contribution in [1.29, 1.82) is 0 Å². The summed E-state index contributed by atoms with van der Waals surface area (Å²) in [5.41, 5.74) is -0.205. The molecular weight excluding hydrogens is 264 g/mol. The van der Waals surface area contributed by atoms with Crippen molar-refractivity contribution in [2.45, 2.75) is 37.0 Å². The monoisotopic (exact) mass is 280 g/mol. The van der Waals surface area contributed by atoms with E-state index in [9.17, 15) is 4.79 Å². The van der Waals surface area contributed by atoms with Gasteiger partial charge in [-0.25, -0.2) is 19.9 Å². The molecule has 2 heterocycles. The van der Waals surface area contributed by atoms with Crippen LogP contribution in [0.2, 0.25) is 0 Å². The molecule has 0 aliphatic carbocycles. The molecule has 2 aromatic heterocycles. The number of nitrogens with zero attached hydrogens (tertiary/aromatic N) is 4. The maximum atomic E-state index is 11.5. The standard InChI is InChI=1S/C11H16N6OS/c1-3-6-12-9-13-7-5-8(14-9)19-11-16-15-10(18)17(11)4-2/h5,7H,3-4,6H2,1-2H3,(H,15,18)(H,12,13,14). The van der Waals surface area contributed by atoms with E-state index in [4.69, 9.17) is 0 Å². The SMILES string of the molecule is CCCNc1nccc(Sc2n[nH]c(=O)n2CC)n1. The molecule has 2 aromatic rings. The quantitative estimate of drug-likeness (QED) is 0.777. The molecule has 19 heavy (non-hydrogen) atoms. The Labute approximate surface area is 114 Å². The lowest BCUT2D eigenvalue weighted by Gasteiger charge is -2.05. The van der Waals surface area contributed by atoms with Crippen LogP contribution in [0.1, 0.15) is 20.3 Å². The van der Waals surface area contributed by atoms with Crippen molar-refractivity contribution < 1.29 is 0 Å². The fourth-order valence-electron chi connectivity index (χ4n) is 1.47. The molecular formula is C11H16N6OS. The highest BCUT2D eigenvalue weighted by atomic mass is 32.2. The van der Waals surface area contributed by atoms with Crippen LogP contribution in [0.15, 0.2) is 27.2 Å². The third kappa shape index (κ3) is 3.34. The maximum Gasteiger partial charge on any atom is 0.343 e.